The smallest absolute Gasteiger partial charge is 0.412 e. The van der Waals surface area contributed by atoms with E-state index in [1.807, 2.05) is 6.07 Å². The molecular weight excluding hydrogens is 404 g/mol. The average molecular weight is 435 g/mol. The van der Waals surface area contributed by atoms with Crippen LogP contribution >= 0.6 is 0 Å². The molecule has 0 aliphatic carbocycles. The first-order chi connectivity index (χ1) is 15.5. The molecule has 0 aliphatic heterocycles. The molecule has 2 aromatic heterocycles. The first kappa shape index (κ1) is 24.4. The van der Waals surface area contributed by atoms with Gasteiger partial charge in [-0.05, 0) is 55.0 Å². The van der Waals surface area contributed by atoms with Gasteiger partial charge in [-0.25, -0.2) is 14.8 Å². The molecule has 32 heavy (non-hydrogen) atoms. The summed E-state index contributed by atoms with van der Waals surface area (Å²) in [5.41, 5.74) is 8.48. The van der Waals surface area contributed by atoms with Crippen LogP contribution in [-0.2, 0) is 4.74 Å². The highest BCUT2D eigenvalue weighted by Gasteiger charge is 2.16. The number of carbonyl (C=O) groups excluding carboxylic acids is 1. The lowest BCUT2D eigenvalue weighted by atomic mass is 10.0. The highest BCUT2D eigenvalue weighted by molar-refractivity contribution is 5.90. The molecule has 3 rings (SSSR count). The molecule has 0 spiro atoms. The summed E-state index contributed by atoms with van der Waals surface area (Å²) in [5, 5.41) is 2.63. The highest BCUT2D eigenvalue weighted by Crippen LogP contribution is 2.36. The van der Waals surface area contributed by atoms with Crippen LogP contribution in [0.5, 0.6) is 11.6 Å². The maximum absolute atomic E-state index is 11.8. The second kappa shape index (κ2) is 12.7. The maximum Gasteiger partial charge on any atom is 0.412 e. The van der Waals surface area contributed by atoms with Crippen molar-refractivity contribution in [2.45, 2.75) is 33.6 Å². The Morgan fingerprint density at radius 2 is 1.75 bits per heavy atom. The van der Waals surface area contributed by atoms with E-state index in [2.05, 4.69) is 35.7 Å². The third-order valence-electron chi connectivity index (χ3n) is 4.35. The minimum Gasteiger partial charge on any atom is -0.450 e. The Labute approximate surface area is 189 Å². The number of nitrogen functional groups attached to an aromatic ring is 1. The minimum absolute atomic E-state index is 0.261. The minimum atomic E-state index is -0.584. The predicted molar refractivity (Wildman–Crippen MR) is 130 cm³/mol. The number of nitrogens with one attached hydrogen (secondary N) is 1. The van der Waals surface area contributed by atoms with Gasteiger partial charge >= 0.3 is 6.09 Å². The number of anilines is 2. The first-order valence-corrected chi connectivity index (χ1v) is 10.6. The Kier molecular flexibility index (Phi) is 9.71. The number of aromatic nitrogens is 2. The van der Waals surface area contributed by atoms with Crippen LogP contribution in [0.25, 0.3) is 17.2 Å². The molecule has 0 saturated heterocycles. The summed E-state index contributed by atoms with van der Waals surface area (Å²) >= 11 is 0. The lowest BCUT2D eigenvalue weighted by Gasteiger charge is -2.14. The van der Waals surface area contributed by atoms with Gasteiger partial charge in [0.25, 0.3) is 0 Å². The van der Waals surface area contributed by atoms with Crippen molar-refractivity contribution in [2.24, 2.45) is 0 Å². The third kappa shape index (κ3) is 6.84. The van der Waals surface area contributed by atoms with Gasteiger partial charge in [0.15, 0.2) is 0 Å². The van der Waals surface area contributed by atoms with Gasteiger partial charge in [0.05, 0.1) is 6.61 Å². The van der Waals surface area contributed by atoms with Gasteiger partial charge in [-0.15, -0.1) is 0 Å². The number of nitrogens with zero attached hydrogens (tertiary/aromatic N) is 2. The molecule has 0 bridgehead atoms. The molecule has 0 atom stereocenters. The van der Waals surface area contributed by atoms with Gasteiger partial charge in [0.2, 0.25) is 5.88 Å². The zero-order chi connectivity index (χ0) is 23.3. The van der Waals surface area contributed by atoms with Crippen LogP contribution in [0.2, 0.25) is 0 Å². The van der Waals surface area contributed by atoms with E-state index < -0.39 is 6.09 Å². The van der Waals surface area contributed by atoms with E-state index in [1.165, 1.54) is 12.8 Å². The molecule has 3 N–H and O–H groups in total. The standard InChI is InChI=1S/C21H20N4O3.C4H10/c1-3-16-17(11-13-23-19(16)25-21(26)27-4-2)18-6-5-12-24-20(18)28-15-9-7-14(22)8-10-15;1-3-4-2/h3,5-13H,1,4,22H2,2H3,(H,23,25,26);3-4H2,1-2H3. The first-order valence-electron chi connectivity index (χ1n) is 10.6. The Hall–Kier alpha value is -3.87. The van der Waals surface area contributed by atoms with Crippen molar-refractivity contribution in [2.75, 3.05) is 17.7 Å². The average Bonchev–Trinajstić information content (AvgIpc) is 2.81. The van der Waals surface area contributed by atoms with Gasteiger partial charge in [-0.3, -0.25) is 5.32 Å². The van der Waals surface area contributed by atoms with E-state index in [-0.39, 0.29) is 6.61 Å². The lowest BCUT2D eigenvalue weighted by Crippen LogP contribution is -2.15. The molecular formula is C25H30N4O3. The van der Waals surface area contributed by atoms with E-state index in [1.54, 1.807) is 61.8 Å². The second-order valence-corrected chi connectivity index (χ2v) is 6.70. The zero-order valence-corrected chi connectivity index (χ0v) is 18.8. The molecule has 2 heterocycles. The summed E-state index contributed by atoms with van der Waals surface area (Å²) in [5.74, 6) is 1.35. The largest absolute Gasteiger partial charge is 0.450 e. The van der Waals surface area contributed by atoms with E-state index in [0.29, 0.717) is 28.7 Å². The fraction of sp³-hybridized carbons (Fsp3) is 0.240. The summed E-state index contributed by atoms with van der Waals surface area (Å²) < 4.78 is 10.9. The molecule has 0 aliphatic rings. The maximum atomic E-state index is 11.8. The van der Waals surface area contributed by atoms with Crippen molar-refractivity contribution < 1.29 is 14.3 Å². The quantitative estimate of drug-likeness (QED) is 0.410. The Bertz CT molecular complexity index is 1020. The van der Waals surface area contributed by atoms with Gasteiger partial charge in [0.1, 0.15) is 11.6 Å². The molecule has 0 unspecified atom stereocenters. The van der Waals surface area contributed by atoms with Crippen molar-refractivity contribution >= 4 is 23.7 Å². The number of ether oxygens (including phenoxy) is 2. The Morgan fingerprint density at radius 1 is 1.03 bits per heavy atom. The van der Waals surface area contributed by atoms with E-state index in [9.17, 15) is 4.79 Å². The molecule has 1 amide bonds. The summed E-state index contributed by atoms with van der Waals surface area (Å²) in [4.78, 5) is 20.4. The number of hydrogen-bond donors (Lipinski definition) is 2. The molecule has 1 aromatic carbocycles. The molecule has 168 valence electrons. The van der Waals surface area contributed by atoms with E-state index in [4.69, 9.17) is 15.2 Å². The highest BCUT2D eigenvalue weighted by atomic mass is 16.5. The van der Waals surface area contributed by atoms with Gasteiger partial charge in [-0.2, -0.15) is 0 Å². The monoisotopic (exact) mass is 434 g/mol. The molecule has 7 heteroatoms. The van der Waals surface area contributed by atoms with Crippen LogP contribution in [0.15, 0.2) is 61.4 Å². The van der Waals surface area contributed by atoms with Crippen LogP contribution in [0.4, 0.5) is 16.3 Å². The number of benzene rings is 1. The fourth-order valence-corrected chi connectivity index (χ4v) is 2.60. The van der Waals surface area contributed by atoms with Crippen molar-refractivity contribution in [3.05, 3.63) is 67.0 Å². The van der Waals surface area contributed by atoms with Crippen LogP contribution < -0.4 is 15.8 Å². The molecule has 3 aromatic rings. The van der Waals surface area contributed by atoms with Crippen LogP contribution in [-0.4, -0.2) is 22.7 Å². The molecule has 0 saturated carbocycles. The Morgan fingerprint density at radius 3 is 2.38 bits per heavy atom. The number of pyridine rings is 2. The van der Waals surface area contributed by atoms with E-state index >= 15 is 0 Å². The number of rotatable bonds is 7. The molecule has 7 nitrogen and oxygen atoms in total. The Balaban J connectivity index is 0.000000837. The normalized spacial score (nSPS) is 9.84. The number of unbranched alkanes of at least 4 members (excludes halogenated alkanes) is 1. The van der Waals surface area contributed by atoms with Crippen LogP contribution in [0, 0.1) is 0 Å². The third-order valence-corrected chi connectivity index (χ3v) is 4.35. The summed E-state index contributed by atoms with van der Waals surface area (Å²) in [6.45, 7) is 10.2. The number of amides is 1. The van der Waals surface area contributed by atoms with E-state index in [0.717, 1.165) is 11.1 Å². The van der Waals surface area contributed by atoms with Crippen molar-refractivity contribution in [1.82, 2.24) is 9.97 Å². The van der Waals surface area contributed by atoms with Crippen LogP contribution in [0.1, 0.15) is 39.2 Å². The van der Waals surface area contributed by atoms with Crippen molar-refractivity contribution in [1.29, 1.82) is 0 Å². The predicted octanol–water partition coefficient (Wildman–Crippen LogP) is 6.54. The van der Waals surface area contributed by atoms with Crippen LogP contribution in [0.3, 0.4) is 0 Å². The van der Waals surface area contributed by atoms with Crippen molar-refractivity contribution in [3.8, 4) is 22.8 Å². The number of carbonyl (C=O) groups is 1. The topological polar surface area (TPSA) is 99.4 Å². The van der Waals surface area contributed by atoms with Gasteiger partial charge < -0.3 is 15.2 Å². The van der Waals surface area contributed by atoms with Crippen molar-refractivity contribution in [3.63, 3.8) is 0 Å². The summed E-state index contributed by atoms with van der Waals surface area (Å²) in [6.07, 6.45) is 6.90. The fourth-order valence-electron chi connectivity index (χ4n) is 2.60. The van der Waals surface area contributed by atoms with Gasteiger partial charge in [0, 0.05) is 29.2 Å². The molecule has 0 fully saturated rings. The number of nitrogens with two attached hydrogens (primary N) is 1. The lowest BCUT2D eigenvalue weighted by molar-refractivity contribution is 0.168. The summed E-state index contributed by atoms with van der Waals surface area (Å²) in [7, 11) is 0. The second-order valence-electron chi connectivity index (χ2n) is 6.70. The molecule has 0 radical (unpaired) electrons. The zero-order valence-electron chi connectivity index (χ0n) is 18.8. The number of hydrogen-bond acceptors (Lipinski definition) is 6. The summed E-state index contributed by atoms with van der Waals surface area (Å²) in [6, 6.07) is 12.5. The van der Waals surface area contributed by atoms with Gasteiger partial charge in [-0.1, -0.05) is 39.3 Å². The SMILES string of the molecule is C=Cc1c(-c2cccnc2Oc2ccc(N)cc2)ccnc1NC(=O)OCC.CCCC.